The van der Waals surface area contributed by atoms with E-state index in [1.807, 2.05) is 54.6 Å². The maximum absolute atomic E-state index is 14.4. The van der Waals surface area contributed by atoms with Gasteiger partial charge in [0.05, 0.1) is 17.3 Å². The summed E-state index contributed by atoms with van der Waals surface area (Å²) >= 11 is 0. The molecule has 2 aromatic carbocycles. The number of amides is 3. The first-order valence-corrected chi connectivity index (χ1v) is 18.7. The molecular formula is C36H43N5O7S. The Labute approximate surface area is 286 Å². The summed E-state index contributed by atoms with van der Waals surface area (Å²) in [6.45, 7) is 2.20. The number of carbonyl (C=O) groups excluding carboxylic acids is 3. The molecule has 2 saturated carbocycles. The largest absolute Gasteiger partial charge is 0.445 e. The number of rotatable bonds is 8. The van der Waals surface area contributed by atoms with E-state index in [1.54, 1.807) is 19.1 Å². The van der Waals surface area contributed by atoms with Gasteiger partial charge in [0.25, 0.3) is 5.91 Å². The fourth-order valence-corrected chi connectivity index (χ4v) is 8.20. The summed E-state index contributed by atoms with van der Waals surface area (Å²) in [4.78, 5) is 48.3. The van der Waals surface area contributed by atoms with Crippen LogP contribution in [-0.2, 0) is 31.0 Å². The highest BCUT2D eigenvalue weighted by molar-refractivity contribution is 7.91. The van der Waals surface area contributed by atoms with Crippen LogP contribution in [0.2, 0.25) is 0 Å². The highest BCUT2D eigenvalue weighted by atomic mass is 32.2. The molecule has 5 atom stereocenters. The first-order valence-electron chi connectivity index (χ1n) is 17.2. The number of nitrogens with one attached hydrogen (secondary N) is 3. The van der Waals surface area contributed by atoms with Gasteiger partial charge >= 0.3 is 6.08 Å². The molecule has 2 aliphatic heterocycles. The third kappa shape index (κ3) is 6.96. The standard InChI is InChI=1S/C36H43N5O7S/c1-35(18-19-35)49(45,46)40-33(44)36-21-25(36)14-8-3-2-4-9-16-28(37-22-24-12-6-5-7-13-24)32(43)41-23-26(20-29(41)31(42)39-36)47-34-38-27-15-10-11-17-30(27)48-34/h5-8,10-15,17,25-26,28-29,37H,2-4,9,16,18-23H2,1H3,(H,39,42)(H,40,44)/b14-8-/t25-,26+,28-,29-,36+/m0/s1. The highest BCUT2D eigenvalue weighted by Crippen LogP contribution is 2.47. The SMILES string of the molecule is CC1(S(=O)(=O)NC(=O)[C@@]23C[C@@H]2/C=C\CCCCC[C@H](NCc2ccccc2)C(=O)N2C[C@H](Oc4nc5ccccc5o4)C[C@H]2C(=O)N3)CC1. The molecule has 0 unspecified atom stereocenters. The van der Waals surface area contributed by atoms with E-state index in [0.717, 1.165) is 31.2 Å². The second-order valence-electron chi connectivity index (χ2n) is 14.1. The first kappa shape index (κ1) is 33.3. The minimum atomic E-state index is -3.93. The molecule has 2 aliphatic carbocycles. The van der Waals surface area contributed by atoms with Gasteiger partial charge in [0, 0.05) is 18.9 Å². The Morgan fingerprint density at radius 1 is 1.08 bits per heavy atom. The number of nitrogens with zero attached hydrogens (tertiary/aromatic N) is 2. The van der Waals surface area contributed by atoms with Gasteiger partial charge in [0.15, 0.2) is 5.58 Å². The maximum atomic E-state index is 14.4. The lowest BCUT2D eigenvalue weighted by Gasteiger charge is -2.30. The van der Waals surface area contributed by atoms with E-state index >= 15 is 0 Å². The maximum Gasteiger partial charge on any atom is 0.394 e. The van der Waals surface area contributed by atoms with Gasteiger partial charge in [-0.25, -0.2) is 8.42 Å². The lowest BCUT2D eigenvalue weighted by atomic mass is 10.0. The average Bonchev–Trinajstić information content (AvgIpc) is 3.89. The summed E-state index contributed by atoms with van der Waals surface area (Å²) in [5.41, 5.74) is 0.776. The lowest BCUT2D eigenvalue weighted by Crippen LogP contribution is -2.58. The van der Waals surface area contributed by atoms with Crippen molar-refractivity contribution in [2.24, 2.45) is 5.92 Å². The van der Waals surface area contributed by atoms with Crippen molar-refractivity contribution in [1.29, 1.82) is 0 Å². The van der Waals surface area contributed by atoms with Crippen LogP contribution in [0, 0.1) is 5.92 Å². The summed E-state index contributed by atoms with van der Waals surface area (Å²) in [6, 6.07) is 15.6. The molecule has 1 saturated heterocycles. The van der Waals surface area contributed by atoms with Gasteiger partial charge in [-0.05, 0) is 63.1 Å². The number of benzene rings is 2. The molecule has 49 heavy (non-hydrogen) atoms. The predicted molar refractivity (Wildman–Crippen MR) is 182 cm³/mol. The molecule has 3 heterocycles. The minimum absolute atomic E-state index is 0.0440. The van der Waals surface area contributed by atoms with E-state index in [9.17, 15) is 22.8 Å². The van der Waals surface area contributed by atoms with E-state index in [-0.39, 0.29) is 37.3 Å². The molecule has 0 spiro atoms. The molecule has 3 fully saturated rings. The van der Waals surface area contributed by atoms with Crippen LogP contribution in [0.3, 0.4) is 0 Å². The number of ether oxygens (including phenoxy) is 1. The van der Waals surface area contributed by atoms with Crippen molar-refractivity contribution >= 4 is 38.8 Å². The molecule has 0 radical (unpaired) electrons. The van der Waals surface area contributed by atoms with Crippen LogP contribution >= 0.6 is 0 Å². The van der Waals surface area contributed by atoms with Crippen molar-refractivity contribution in [3.63, 3.8) is 0 Å². The van der Waals surface area contributed by atoms with Gasteiger partial charge in [0.2, 0.25) is 21.8 Å². The topological polar surface area (TPSA) is 160 Å². The van der Waals surface area contributed by atoms with Crippen LogP contribution in [0.15, 0.2) is 71.2 Å². The molecule has 260 valence electrons. The number of fused-ring (bicyclic) bond motifs is 3. The summed E-state index contributed by atoms with van der Waals surface area (Å²) < 4.78 is 39.4. The number of hydrogen-bond acceptors (Lipinski definition) is 9. The van der Waals surface area contributed by atoms with E-state index in [0.29, 0.717) is 36.9 Å². The fraction of sp³-hybridized carbons (Fsp3) is 0.500. The molecular weight excluding hydrogens is 646 g/mol. The monoisotopic (exact) mass is 689 g/mol. The third-order valence-electron chi connectivity index (χ3n) is 10.4. The summed E-state index contributed by atoms with van der Waals surface area (Å²) in [6.07, 6.45) is 8.65. The number of allylic oxidation sites excluding steroid dienone is 1. The van der Waals surface area contributed by atoms with Crippen LogP contribution in [0.1, 0.15) is 70.3 Å². The van der Waals surface area contributed by atoms with Crippen molar-refractivity contribution in [2.45, 2.75) is 99.7 Å². The second kappa shape index (κ2) is 13.2. The van der Waals surface area contributed by atoms with Crippen molar-refractivity contribution in [1.82, 2.24) is 25.2 Å². The number of carbonyl (C=O) groups is 3. The van der Waals surface area contributed by atoms with Crippen LogP contribution < -0.4 is 20.1 Å². The molecule has 0 bridgehead atoms. The number of sulfonamides is 1. The van der Waals surface area contributed by atoms with Gasteiger partial charge in [-0.1, -0.05) is 67.5 Å². The number of para-hydroxylation sites is 2. The van der Waals surface area contributed by atoms with Gasteiger partial charge < -0.3 is 24.7 Å². The number of hydrogen-bond donors (Lipinski definition) is 3. The first-order chi connectivity index (χ1) is 23.6. The molecule has 3 amide bonds. The Bertz CT molecular complexity index is 1820. The van der Waals surface area contributed by atoms with Gasteiger partial charge in [-0.2, -0.15) is 4.98 Å². The van der Waals surface area contributed by atoms with Crippen molar-refractivity contribution < 1.29 is 32.0 Å². The van der Waals surface area contributed by atoms with Gasteiger partial charge in [0.1, 0.15) is 23.2 Å². The zero-order valence-electron chi connectivity index (χ0n) is 27.6. The molecule has 7 rings (SSSR count). The molecule has 1 aromatic heterocycles. The highest BCUT2D eigenvalue weighted by Gasteiger charge is 2.63. The second-order valence-corrected chi connectivity index (χ2v) is 16.3. The van der Waals surface area contributed by atoms with Gasteiger partial charge in [-0.15, -0.1) is 0 Å². The fourth-order valence-electron chi connectivity index (χ4n) is 6.88. The van der Waals surface area contributed by atoms with Crippen molar-refractivity contribution in [2.75, 3.05) is 6.54 Å². The van der Waals surface area contributed by atoms with E-state index in [4.69, 9.17) is 9.15 Å². The smallest absolute Gasteiger partial charge is 0.394 e. The van der Waals surface area contributed by atoms with Crippen LogP contribution in [0.25, 0.3) is 11.1 Å². The van der Waals surface area contributed by atoms with E-state index < -0.39 is 50.3 Å². The van der Waals surface area contributed by atoms with Crippen LogP contribution in [0.5, 0.6) is 6.08 Å². The molecule has 4 aliphatic rings. The normalized spacial score (nSPS) is 29.1. The van der Waals surface area contributed by atoms with Gasteiger partial charge in [-0.3, -0.25) is 19.1 Å². The Morgan fingerprint density at radius 2 is 1.86 bits per heavy atom. The van der Waals surface area contributed by atoms with E-state index in [1.165, 1.54) is 4.90 Å². The Hall–Kier alpha value is -4.23. The van der Waals surface area contributed by atoms with E-state index in [2.05, 4.69) is 20.3 Å². The molecule has 13 heteroatoms. The molecule has 3 aromatic rings. The van der Waals surface area contributed by atoms with Crippen LogP contribution in [-0.4, -0.2) is 71.0 Å². The molecule has 3 N–H and O–H groups in total. The minimum Gasteiger partial charge on any atom is -0.445 e. The van der Waals surface area contributed by atoms with Crippen molar-refractivity contribution in [3.8, 4) is 6.08 Å². The average molecular weight is 690 g/mol. The zero-order valence-corrected chi connectivity index (χ0v) is 28.4. The summed E-state index contributed by atoms with van der Waals surface area (Å²) in [7, 11) is -3.93. The zero-order chi connectivity index (χ0) is 34.2. The van der Waals surface area contributed by atoms with Crippen molar-refractivity contribution in [3.05, 3.63) is 72.3 Å². The summed E-state index contributed by atoms with van der Waals surface area (Å²) in [5, 5.41) is 6.36. The Balaban J connectivity index is 1.16. The predicted octanol–water partition coefficient (Wildman–Crippen LogP) is 3.73. The quantitative estimate of drug-likeness (QED) is 0.300. The van der Waals surface area contributed by atoms with Crippen LogP contribution in [0.4, 0.5) is 0 Å². The number of oxazole rings is 1. The molecule has 12 nitrogen and oxygen atoms in total. The Kier molecular flexibility index (Phi) is 8.99. The number of aromatic nitrogens is 1. The third-order valence-corrected chi connectivity index (χ3v) is 12.6. The lowest BCUT2D eigenvalue weighted by molar-refractivity contribution is -0.141. The summed E-state index contributed by atoms with van der Waals surface area (Å²) in [5.74, 6) is -1.88. The Morgan fingerprint density at radius 3 is 2.63 bits per heavy atom.